The standard InChI is InChI=1S/C12H19N3O/c1-15-5-3-11-10(8-15)12(16-14-11)6-9-2-4-13-7-9/h9,13H,2-8H2,1H3. The second-order valence-corrected chi connectivity index (χ2v) is 5.08. The monoisotopic (exact) mass is 221 g/mol. The van der Waals surface area contributed by atoms with Crippen LogP contribution in [0.4, 0.5) is 0 Å². The molecule has 16 heavy (non-hydrogen) atoms. The van der Waals surface area contributed by atoms with Crippen molar-refractivity contribution in [3.05, 3.63) is 17.0 Å². The molecule has 4 heteroatoms. The minimum atomic E-state index is 0.740. The van der Waals surface area contributed by atoms with E-state index in [0.717, 1.165) is 50.7 Å². The van der Waals surface area contributed by atoms with Crippen LogP contribution in [0.3, 0.4) is 0 Å². The van der Waals surface area contributed by atoms with E-state index in [0.29, 0.717) is 0 Å². The van der Waals surface area contributed by atoms with Crippen LogP contribution in [0.1, 0.15) is 23.4 Å². The molecule has 3 rings (SSSR count). The third-order valence-electron chi connectivity index (χ3n) is 3.75. The maximum Gasteiger partial charge on any atom is 0.141 e. The van der Waals surface area contributed by atoms with Gasteiger partial charge in [-0.05, 0) is 32.5 Å². The third kappa shape index (κ3) is 1.87. The van der Waals surface area contributed by atoms with Crippen LogP contribution < -0.4 is 5.32 Å². The lowest BCUT2D eigenvalue weighted by molar-refractivity contribution is 0.310. The van der Waals surface area contributed by atoms with Crippen molar-refractivity contribution in [2.45, 2.75) is 25.8 Å². The summed E-state index contributed by atoms with van der Waals surface area (Å²) in [6.07, 6.45) is 3.37. The van der Waals surface area contributed by atoms with Gasteiger partial charge in [-0.15, -0.1) is 0 Å². The first kappa shape index (κ1) is 10.3. The van der Waals surface area contributed by atoms with E-state index in [1.807, 2.05) is 0 Å². The number of hydrogen-bond donors (Lipinski definition) is 1. The van der Waals surface area contributed by atoms with E-state index >= 15 is 0 Å². The quantitative estimate of drug-likeness (QED) is 0.802. The van der Waals surface area contributed by atoms with Gasteiger partial charge in [0, 0.05) is 31.5 Å². The maximum absolute atomic E-state index is 5.52. The van der Waals surface area contributed by atoms with Crippen LogP contribution >= 0.6 is 0 Å². The molecule has 2 aliphatic rings. The summed E-state index contributed by atoms with van der Waals surface area (Å²) in [7, 11) is 2.16. The molecule has 1 saturated heterocycles. The number of fused-ring (bicyclic) bond motifs is 1. The SMILES string of the molecule is CN1CCc2noc(CC3CCNC3)c2C1. The molecule has 0 amide bonds. The molecular formula is C12H19N3O. The summed E-state index contributed by atoms with van der Waals surface area (Å²) in [4.78, 5) is 2.34. The molecule has 1 unspecified atom stereocenters. The molecule has 1 N–H and O–H groups in total. The Morgan fingerprint density at radius 3 is 3.31 bits per heavy atom. The first-order chi connectivity index (χ1) is 7.83. The molecule has 0 spiro atoms. The summed E-state index contributed by atoms with van der Waals surface area (Å²) < 4.78 is 5.52. The Balaban J connectivity index is 1.77. The zero-order valence-electron chi connectivity index (χ0n) is 9.83. The van der Waals surface area contributed by atoms with Gasteiger partial charge in [-0.3, -0.25) is 0 Å². The Bertz CT molecular complexity index is 368. The highest BCUT2D eigenvalue weighted by Crippen LogP contribution is 2.25. The smallest absolute Gasteiger partial charge is 0.141 e. The largest absolute Gasteiger partial charge is 0.361 e. The fourth-order valence-electron chi connectivity index (χ4n) is 2.71. The molecule has 0 saturated carbocycles. The molecule has 1 aromatic heterocycles. The van der Waals surface area contributed by atoms with Crippen LogP contribution in [-0.4, -0.2) is 36.7 Å². The summed E-state index contributed by atoms with van der Waals surface area (Å²) in [6.45, 7) is 4.39. The van der Waals surface area contributed by atoms with Crippen molar-refractivity contribution in [3.63, 3.8) is 0 Å². The highest BCUT2D eigenvalue weighted by Gasteiger charge is 2.25. The Hall–Kier alpha value is -0.870. The topological polar surface area (TPSA) is 41.3 Å². The van der Waals surface area contributed by atoms with Crippen molar-refractivity contribution < 1.29 is 4.52 Å². The van der Waals surface area contributed by atoms with E-state index < -0.39 is 0 Å². The van der Waals surface area contributed by atoms with Crippen LogP contribution in [0, 0.1) is 5.92 Å². The number of nitrogens with zero attached hydrogens (tertiary/aromatic N) is 2. The second-order valence-electron chi connectivity index (χ2n) is 5.08. The minimum Gasteiger partial charge on any atom is -0.361 e. The molecule has 0 radical (unpaired) electrons. The van der Waals surface area contributed by atoms with Crippen LogP contribution in [0.5, 0.6) is 0 Å². The number of aromatic nitrogens is 1. The molecule has 0 aromatic carbocycles. The Morgan fingerprint density at radius 2 is 2.50 bits per heavy atom. The number of nitrogens with one attached hydrogen (secondary N) is 1. The van der Waals surface area contributed by atoms with Crippen molar-refractivity contribution in [1.82, 2.24) is 15.4 Å². The van der Waals surface area contributed by atoms with Gasteiger partial charge in [0.1, 0.15) is 5.76 Å². The number of likely N-dealkylation sites (N-methyl/N-ethyl adjacent to an activating group) is 1. The fraction of sp³-hybridized carbons (Fsp3) is 0.750. The first-order valence-electron chi connectivity index (χ1n) is 6.18. The van der Waals surface area contributed by atoms with Crippen molar-refractivity contribution in [3.8, 4) is 0 Å². The van der Waals surface area contributed by atoms with Crippen LogP contribution in [0.25, 0.3) is 0 Å². The normalized spacial score (nSPS) is 25.9. The summed E-state index contributed by atoms with van der Waals surface area (Å²) in [6, 6.07) is 0. The summed E-state index contributed by atoms with van der Waals surface area (Å²) in [5, 5.41) is 7.61. The van der Waals surface area contributed by atoms with Gasteiger partial charge in [-0.1, -0.05) is 5.16 Å². The van der Waals surface area contributed by atoms with Crippen molar-refractivity contribution in [1.29, 1.82) is 0 Å². The maximum atomic E-state index is 5.52. The van der Waals surface area contributed by atoms with Crippen LogP contribution in [0.15, 0.2) is 4.52 Å². The number of rotatable bonds is 2. The van der Waals surface area contributed by atoms with Crippen molar-refractivity contribution >= 4 is 0 Å². The van der Waals surface area contributed by atoms with Gasteiger partial charge < -0.3 is 14.7 Å². The van der Waals surface area contributed by atoms with E-state index in [-0.39, 0.29) is 0 Å². The highest BCUT2D eigenvalue weighted by atomic mass is 16.5. The van der Waals surface area contributed by atoms with Gasteiger partial charge in [0.15, 0.2) is 0 Å². The second kappa shape index (κ2) is 4.18. The molecule has 1 aromatic rings. The molecule has 3 heterocycles. The van der Waals surface area contributed by atoms with Gasteiger partial charge in [0.05, 0.1) is 5.69 Å². The zero-order chi connectivity index (χ0) is 11.0. The van der Waals surface area contributed by atoms with Crippen molar-refractivity contribution in [2.24, 2.45) is 5.92 Å². The molecule has 1 fully saturated rings. The Kier molecular flexibility index (Phi) is 2.69. The molecule has 4 nitrogen and oxygen atoms in total. The molecule has 1 atom stereocenters. The fourth-order valence-corrected chi connectivity index (χ4v) is 2.71. The molecular weight excluding hydrogens is 202 g/mol. The average Bonchev–Trinajstić information content (AvgIpc) is 2.90. The van der Waals surface area contributed by atoms with E-state index in [9.17, 15) is 0 Å². The first-order valence-corrected chi connectivity index (χ1v) is 6.18. The van der Waals surface area contributed by atoms with Crippen molar-refractivity contribution in [2.75, 3.05) is 26.7 Å². The number of hydrogen-bond acceptors (Lipinski definition) is 4. The van der Waals surface area contributed by atoms with Gasteiger partial charge in [-0.25, -0.2) is 0 Å². The van der Waals surface area contributed by atoms with Crippen LogP contribution in [0.2, 0.25) is 0 Å². The zero-order valence-corrected chi connectivity index (χ0v) is 9.83. The summed E-state index contributed by atoms with van der Waals surface area (Å²) >= 11 is 0. The van der Waals surface area contributed by atoms with Gasteiger partial charge in [-0.2, -0.15) is 0 Å². The molecule has 0 bridgehead atoms. The van der Waals surface area contributed by atoms with Gasteiger partial charge in [0.2, 0.25) is 0 Å². The third-order valence-corrected chi connectivity index (χ3v) is 3.75. The van der Waals surface area contributed by atoms with Gasteiger partial charge >= 0.3 is 0 Å². The summed E-state index contributed by atoms with van der Waals surface area (Å²) in [5.41, 5.74) is 2.56. The molecule has 0 aliphatic carbocycles. The average molecular weight is 221 g/mol. The lowest BCUT2D eigenvalue weighted by atomic mass is 9.98. The predicted molar refractivity (Wildman–Crippen MR) is 61.2 cm³/mol. The Labute approximate surface area is 96.0 Å². The van der Waals surface area contributed by atoms with E-state index in [4.69, 9.17) is 4.52 Å². The van der Waals surface area contributed by atoms with Gasteiger partial charge in [0.25, 0.3) is 0 Å². The Morgan fingerprint density at radius 1 is 1.56 bits per heavy atom. The minimum absolute atomic E-state index is 0.740. The molecule has 2 aliphatic heterocycles. The predicted octanol–water partition coefficient (Wildman–Crippen LogP) is 0.814. The van der Waals surface area contributed by atoms with Crippen LogP contribution in [-0.2, 0) is 19.4 Å². The highest BCUT2D eigenvalue weighted by molar-refractivity contribution is 5.25. The van der Waals surface area contributed by atoms with E-state index in [1.54, 1.807) is 0 Å². The van der Waals surface area contributed by atoms with E-state index in [1.165, 1.54) is 17.7 Å². The molecule has 88 valence electrons. The lowest BCUT2D eigenvalue weighted by Crippen LogP contribution is -2.26. The van der Waals surface area contributed by atoms with E-state index in [2.05, 4.69) is 22.4 Å². The lowest BCUT2D eigenvalue weighted by Gasteiger charge is -2.21. The summed E-state index contributed by atoms with van der Waals surface area (Å²) in [5.74, 6) is 1.87.